The van der Waals surface area contributed by atoms with Crippen LogP contribution in [-0.2, 0) is 0 Å². The normalized spacial score (nSPS) is 12.4. The standard InChI is InChI=1S/C20H20/c1-3-5-12-17(11-4-2)19-15-9-10-16-20(19)18-13-7-6-8-14-18/h3-16H,1-2H3/b5-3-,11-4+,17-12+. The Bertz CT molecular complexity index is 628. The summed E-state index contributed by atoms with van der Waals surface area (Å²) in [6, 6.07) is 19.1. The summed E-state index contributed by atoms with van der Waals surface area (Å²) in [6.07, 6.45) is 10.5. The molecule has 0 aromatic heterocycles. The van der Waals surface area contributed by atoms with Crippen molar-refractivity contribution in [2.45, 2.75) is 13.8 Å². The molecule has 20 heavy (non-hydrogen) atoms. The van der Waals surface area contributed by atoms with E-state index >= 15 is 0 Å². The van der Waals surface area contributed by atoms with E-state index < -0.39 is 0 Å². The van der Waals surface area contributed by atoms with Crippen molar-refractivity contribution < 1.29 is 0 Å². The van der Waals surface area contributed by atoms with Crippen molar-refractivity contribution in [1.29, 1.82) is 0 Å². The number of benzene rings is 2. The molecular weight excluding hydrogens is 240 g/mol. The van der Waals surface area contributed by atoms with Crippen LogP contribution in [0, 0.1) is 0 Å². The van der Waals surface area contributed by atoms with E-state index in [1.807, 2.05) is 6.92 Å². The highest BCUT2D eigenvalue weighted by molar-refractivity contribution is 5.86. The molecule has 0 fully saturated rings. The van der Waals surface area contributed by atoms with Gasteiger partial charge in [0.05, 0.1) is 0 Å². The lowest BCUT2D eigenvalue weighted by molar-refractivity contribution is 1.56. The summed E-state index contributed by atoms with van der Waals surface area (Å²) in [5, 5.41) is 0. The molecule has 0 bridgehead atoms. The van der Waals surface area contributed by atoms with Crippen LogP contribution in [0.25, 0.3) is 16.7 Å². The van der Waals surface area contributed by atoms with Crippen molar-refractivity contribution in [3.05, 3.63) is 90.5 Å². The van der Waals surface area contributed by atoms with E-state index in [1.165, 1.54) is 22.3 Å². The van der Waals surface area contributed by atoms with Gasteiger partial charge in [0.2, 0.25) is 0 Å². The Morgan fingerprint density at radius 2 is 1.50 bits per heavy atom. The van der Waals surface area contributed by atoms with Gasteiger partial charge in [0.1, 0.15) is 0 Å². The maximum absolute atomic E-state index is 2.18. The molecule has 2 aromatic carbocycles. The molecule has 0 aliphatic carbocycles. The monoisotopic (exact) mass is 260 g/mol. The Morgan fingerprint density at radius 3 is 2.20 bits per heavy atom. The fourth-order valence-corrected chi connectivity index (χ4v) is 2.22. The zero-order chi connectivity index (χ0) is 14.2. The minimum Gasteiger partial charge on any atom is -0.0876 e. The Kier molecular flexibility index (Phi) is 5.14. The highest BCUT2D eigenvalue weighted by Crippen LogP contribution is 2.29. The average Bonchev–Trinajstić information content (AvgIpc) is 2.52. The second-order valence-corrected chi connectivity index (χ2v) is 4.56. The van der Waals surface area contributed by atoms with Crippen LogP contribution in [0.4, 0.5) is 0 Å². The second-order valence-electron chi connectivity index (χ2n) is 4.56. The Morgan fingerprint density at radius 1 is 0.800 bits per heavy atom. The van der Waals surface area contributed by atoms with E-state index in [2.05, 4.69) is 91.9 Å². The van der Waals surface area contributed by atoms with Gasteiger partial charge in [-0.15, -0.1) is 0 Å². The second kappa shape index (κ2) is 7.30. The lowest BCUT2D eigenvalue weighted by atomic mass is 9.94. The van der Waals surface area contributed by atoms with Crippen LogP contribution in [0.5, 0.6) is 0 Å². The topological polar surface area (TPSA) is 0 Å². The van der Waals surface area contributed by atoms with Gasteiger partial charge in [-0.05, 0) is 36.1 Å². The fourth-order valence-electron chi connectivity index (χ4n) is 2.22. The molecule has 0 unspecified atom stereocenters. The van der Waals surface area contributed by atoms with Crippen molar-refractivity contribution in [1.82, 2.24) is 0 Å². The van der Waals surface area contributed by atoms with Crippen LogP contribution in [0.3, 0.4) is 0 Å². The first-order chi connectivity index (χ1) is 9.86. The smallest absolute Gasteiger partial charge is 0.0105 e. The van der Waals surface area contributed by atoms with Gasteiger partial charge < -0.3 is 0 Å². The minimum atomic E-state index is 1.23. The third kappa shape index (κ3) is 3.36. The summed E-state index contributed by atoms with van der Waals surface area (Å²) < 4.78 is 0. The van der Waals surface area contributed by atoms with Gasteiger partial charge >= 0.3 is 0 Å². The molecular formula is C20H20. The van der Waals surface area contributed by atoms with Crippen LogP contribution >= 0.6 is 0 Å². The molecule has 0 saturated heterocycles. The van der Waals surface area contributed by atoms with Gasteiger partial charge in [0.15, 0.2) is 0 Å². The summed E-state index contributed by atoms with van der Waals surface area (Å²) in [4.78, 5) is 0. The summed E-state index contributed by atoms with van der Waals surface area (Å²) in [5.74, 6) is 0. The Balaban J connectivity index is 2.57. The van der Waals surface area contributed by atoms with Gasteiger partial charge in [0, 0.05) is 0 Å². The molecule has 0 nitrogen and oxygen atoms in total. The van der Waals surface area contributed by atoms with Gasteiger partial charge in [-0.25, -0.2) is 0 Å². The van der Waals surface area contributed by atoms with E-state index in [0.717, 1.165) is 0 Å². The van der Waals surface area contributed by atoms with Crippen molar-refractivity contribution in [2.75, 3.05) is 0 Å². The predicted octanol–water partition coefficient (Wildman–Crippen LogP) is 5.89. The maximum atomic E-state index is 2.18. The molecule has 0 aliphatic rings. The molecule has 0 heterocycles. The first kappa shape index (κ1) is 14.1. The molecule has 0 N–H and O–H groups in total. The van der Waals surface area contributed by atoms with E-state index in [1.54, 1.807) is 0 Å². The van der Waals surface area contributed by atoms with Gasteiger partial charge in [-0.1, -0.05) is 85.0 Å². The number of hydrogen-bond donors (Lipinski definition) is 0. The van der Waals surface area contributed by atoms with Gasteiger partial charge in [0.25, 0.3) is 0 Å². The van der Waals surface area contributed by atoms with Gasteiger partial charge in [-0.3, -0.25) is 0 Å². The highest BCUT2D eigenvalue weighted by atomic mass is 14.1. The largest absolute Gasteiger partial charge is 0.0876 e. The predicted molar refractivity (Wildman–Crippen MR) is 89.5 cm³/mol. The van der Waals surface area contributed by atoms with Crippen molar-refractivity contribution in [2.24, 2.45) is 0 Å². The lowest BCUT2D eigenvalue weighted by Gasteiger charge is -2.10. The first-order valence-corrected chi connectivity index (χ1v) is 6.97. The van der Waals surface area contributed by atoms with Crippen LogP contribution in [0.1, 0.15) is 19.4 Å². The van der Waals surface area contributed by atoms with E-state index in [4.69, 9.17) is 0 Å². The Labute approximate surface area is 121 Å². The van der Waals surface area contributed by atoms with Crippen LogP contribution < -0.4 is 0 Å². The molecule has 0 saturated carbocycles. The average molecular weight is 260 g/mol. The highest BCUT2D eigenvalue weighted by Gasteiger charge is 2.06. The molecule has 0 heteroatoms. The van der Waals surface area contributed by atoms with Crippen LogP contribution in [0.2, 0.25) is 0 Å². The van der Waals surface area contributed by atoms with Crippen LogP contribution in [-0.4, -0.2) is 0 Å². The Hall–Kier alpha value is -2.34. The van der Waals surface area contributed by atoms with Crippen molar-refractivity contribution >= 4 is 5.57 Å². The van der Waals surface area contributed by atoms with Crippen molar-refractivity contribution in [3.8, 4) is 11.1 Å². The zero-order valence-corrected chi connectivity index (χ0v) is 12.1. The molecule has 0 atom stereocenters. The molecule has 0 radical (unpaired) electrons. The number of hydrogen-bond acceptors (Lipinski definition) is 0. The van der Waals surface area contributed by atoms with Crippen LogP contribution in [0.15, 0.2) is 85.0 Å². The quantitative estimate of drug-likeness (QED) is 0.601. The third-order valence-electron chi connectivity index (χ3n) is 3.14. The van der Waals surface area contributed by atoms with Crippen molar-refractivity contribution in [3.63, 3.8) is 0 Å². The minimum absolute atomic E-state index is 1.23. The van der Waals surface area contributed by atoms with Gasteiger partial charge in [-0.2, -0.15) is 0 Å². The summed E-state index contributed by atoms with van der Waals surface area (Å²) in [5.41, 5.74) is 5.00. The maximum Gasteiger partial charge on any atom is -0.0105 e. The molecule has 0 spiro atoms. The molecule has 0 aliphatic heterocycles. The summed E-state index contributed by atoms with van der Waals surface area (Å²) >= 11 is 0. The third-order valence-corrected chi connectivity index (χ3v) is 3.14. The molecule has 0 amide bonds. The summed E-state index contributed by atoms with van der Waals surface area (Å²) in [7, 11) is 0. The molecule has 100 valence electrons. The van der Waals surface area contributed by atoms with E-state index in [0.29, 0.717) is 0 Å². The molecule has 2 aromatic rings. The molecule has 2 rings (SSSR count). The number of rotatable bonds is 4. The number of allylic oxidation sites excluding steroid dienone is 6. The van der Waals surface area contributed by atoms with E-state index in [-0.39, 0.29) is 0 Å². The first-order valence-electron chi connectivity index (χ1n) is 6.97. The summed E-state index contributed by atoms with van der Waals surface area (Å²) in [6.45, 7) is 4.08. The van der Waals surface area contributed by atoms with E-state index in [9.17, 15) is 0 Å². The zero-order valence-electron chi connectivity index (χ0n) is 12.1. The lowest BCUT2D eigenvalue weighted by Crippen LogP contribution is -1.87. The SMILES string of the molecule is C\C=C/C=C(\C=C\C)c1ccccc1-c1ccccc1. The fraction of sp³-hybridized carbons (Fsp3) is 0.100.